The van der Waals surface area contributed by atoms with Gasteiger partial charge in [-0.15, -0.1) is 0 Å². The molecule has 1 aromatic rings. The second kappa shape index (κ2) is 6.28. The molecular weight excluding hydrogens is 350 g/mol. The number of ether oxygens (including phenoxy) is 1. The van der Waals surface area contributed by atoms with Crippen LogP contribution in [0.15, 0.2) is 22.7 Å². The van der Waals surface area contributed by atoms with Crippen LogP contribution in [0.4, 0.5) is 0 Å². The summed E-state index contributed by atoms with van der Waals surface area (Å²) >= 11 is 3.39. The number of fused-ring (bicyclic) bond motifs is 1. The summed E-state index contributed by atoms with van der Waals surface area (Å²) in [5.74, 6) is -0.847. The maximum Gasteiger partial charge on any atom is 0.305 e. The fourth-order valence-electron chi connectivity index (χ4n) is 2.48. The molecule has 120 valence electrons. The van der Waals surface area contributed by atoms with Crippen molar-refractivity contribution in [2.75, 3.05) is 6.61 Å². The number of benzene rings is 1. The van der Waals surface area contributed by atoms with Crippen LogP contribution in [-0.4, -0.2) is 29.1 Å². The Balaban J connectivity index is 2.20. The summed E-state index contributed by atoms with van der Waals surface area (Å²) in [6, 6.07) is 5.56. The maximum absolute atomic E-state index is 12.6. The highest BCUT2D eigenvalue weighted by molar-refractivity contribution is 9.10. The van der Waals surface area contributed by atoms with Crippen molar-refractivity contribution in [3.05, 3.63) is 28.2 Å². The number of carboxylic acid groups (broad SMARTS) is 1. The molecule has 1 aliphatic heterocycles. The zero-order chi connectivity index (χ0) is 16.5. The van der Waals surface area contributed by atoms with Gasteiger partial charge < -0.3 is 15.2 Å². The lowest BCUT2D eigenvalue weighted by atomic mass is 9.84. The zero-order valence-electron chi connectivity index (χ0n) is 12.9. The average Bonchev–Trinajstić information content (AvgIpc) is 2.80. The first-order valence-electron chi connectivity index (χ1n) is 7.19. The van der Waals surface area contributed by atoms with E-state index in [1.807, 2.05) is 32.0 Å². The van der Waals surface area contributed by atoms with Gasteiger partial charge >= 0.3 is 5.97 Å². The molecule has 0 saturated heterocycles. The molecule has 0 fully saturated rings. The lowest BCUT2D eigenvalue weighted by molar-refractivity contribution is -0.139. The summed E-state index contributed by atoms with van der Waals surface area (Å²) in [7, 11) is 0. The van der Waals surface area contributed by atoms with Crippen molar-refractivity contribution in [2.24, 2.45) is 5.92 Å². The quantitative estimate of drug-likeness (QED) is 0.836. The molecule has 2 rings (SSSR count). The highest BCUT2D eigenvalue weighted by atomic mass is 79.9. The van der Waals surface area contributed by atoms with E-state index >= 15 is 0 Å². The van der Waals surface area contributed by atoms with E-state index in [4.69, 9.17) is 9.84 Å². The molecule has 0 radical (unpaired) electrons. The van der Waals surface area contributed by atoms with E-state index in [0.717, 1.165) is 10.0 Å². The Bertz CT molecular complexity index is 602. The molecular formula is C16H20BrNO4. The molecule has 1 aromatic carbocycles. The number of hydrogen-bond acceptors (Lipinski definition) is 3. The van der Waals surface area contributed by atoms with Crippen LogP contribution in [0.1, 0.15) is 38.7 Å². The van der Waals surface area contributed by atoms with E-state index in [0.29, 0.717) is 5.75 Å². The van der Waals surface area contributed by atoms with Crippen molar-refractivity contribution >= 4 is 27.8 Å². The molecule has 0 saturated carbocycles. The Morgan fingerprint density at radius 2 is 2.18 bits per heavy atom. The number of carboxylic acids is 1. The van der Waals surface area contributed by atoms with E-state index in [1.54, 1.807) is 6.92 Å². The van der Waals surface area contributed by atoms with E-state index in [-0.39, 0.29) is 24.9 Å². The minimum absolute atomic E-state index is 0.00292. The van der Waals surface area contributed by atoms with Crippen LogP contribution in [0.25, 0.3) is 0 Å². The third-order valence-corrected chi connectivity index (χ3v) is 4.76. The summed E-state index contributed by atoms with van der Waals surface area (Å²) < 4.78 is 6.43. The summed E-state index contributed by atoms with van der Waals surface area (Å²) in [4.78, 5) is 23.7. The van der Waals surface area contributed by atoms with Crippen LogP contribution in [0, 0.1) is 5.92 Å². The fraction of sp³-hybridized carbons (Fsp3) is 0.500. The molecule has 6 heteroatoms. The molecule has 22 heavy (non-hydrogen) atoms. The Kier molecular flexibility index (Phi) is 4.80. The maximum atomic E-state index is 12.6. The van der Waals surface area contributed by atoms with Crippen molar-refractivity contribution < 1.29 is 19.4 Å². The van der Waals surface area contributed by atoms with Crippen LogP contribution >= 0.6 is 15.9 Å². The molecule has 1 aliphatic rings. The molecule has 0 spiro atoms. The number of halogens is 1. The summed E-state index contributed by atoms with van der Waals surface area (Å²) in [5.41, 5.74) is 0.0332. The van der Waals surface area contributed by atoms with E-state index in [2.05, 4.69) is 21.2 Å². The van der Waals surface area contributed by atoms with E-state index in [1.165, 1.54) is 0 Å². The second-order valence-corrected chi connectivity index (χ2v) is 7.09. The van der Waals surface area contributed by atoms with Gasteiger partial charge in [-0.05, 0) is 31.0 Å². The monoisotopic (exact) mass is 369 g/mol. The van der Waals surface area contributed by atoms with Crippen LogP contribution in [0.3, 0.4) is 0 Å². The number of hydrogen-bond donors (Lipinski definition) is 2. The Labute approximate surface area is 138 Å². The van der Waals surface area contributed by atoms with Crippen LogP contribution in [-0.2, 0) is 9.59 Å². The molecule has 0 aliphatic carbocycles. The molecule has 2 N–H and O–H groups in total. The standard InChI is InChI=1S/C16H20BrNO4/c1-9(2)16(3,7-14(19)20)18-15(21)12-8-22-13-5-4-10(17)6-11(12)13/h4-6,9,12H,7-8H2,1-3H3,(H,18,21)(H,19,20). The smallest absolute Gasteiger partial charge is 0.305 e. The number of nitrogens with one attached hydrogen (secondary N) is 1. The van der Waals surface area contributed by atoms with Gasteiger partial charge in [-0.3, -0.25) is 9.59 Å². The molecule has 0 aromatic heterocycles. The van der Waals surface area contributed by atoms with Gasteiger partial charge in [0.1, 0.15) is 18.3 Å². The van der Waals surface area contributed by atoms with Gasteiger partial charge in [0.05, 0.1) is 6.42 Å². The van der Waals surface area contributed by atoms with Crippen molar-refractivity contribution in [1.29, 1.82) is 0 Å². The molecule has 5 nitrogen and oxygen atoms in total. The molecule has 1 heterocycles. The van der Waals surface area contributed by atoms with Crippen LogP contribution in [0.5, 0.6) is 5.75 Å². The zero-order valence-corrected chi connectivity index (χ0v) is 14.4. The van der Waals surface area contributed by atoms with Gasteiger partial charge in [0.25, 0.3) is 0 Å². The van der Waals surface area contributed by atoms with Crippen molar-refractivity contribution in [3.8, 4) is 5.75 Å². The molecule has 1 amide bonds. The van der Waals surface area contributed by atoms with Gasteiger partial charge in [-0.25, -0.2) is 0 Å². The Morgan fingerprint density at radius 3 is 2.77 bits per heavy atom. The van der Waals surface area contributed by atoms with Crippen molar-refractivity contribution in [2.45, 2.75) is 38.6 Å². The topological polar surface area (TPSA) is 75.6 Å². The summed E-state index contributed by atoms with van der Waals surface area (Å²) in [6.07, 6.45) is -0.116. The van der Waals surface area contributed by atoms with Gasteiger partial charge in [-0.1, -0.05) is 29.8 Å². The number of rotatable bonds is 5. The number of amides is 1. The highest BCUT2D eigenvalue weighted by Gasteiger charge is 2.37. The number of aliphatic carboxylic acids is 1. The van der Waals surface area contributed by atoms with Gasteiger partial charge in [0.2, 0.25) is 5.91 Å². The Hall–Kier alpha value is -1.56. The molecule has 2 unspecified atom stereocenters. The fourth-order valence-corrected chi connectivity index (χ4v) is 2.86. The van der Waals surface area contributed by atoms with E-state index < -0.39 is 17.4 Å². The predicted octanol–water partition coefficient (Wildman–Crippen LogP) is 2.93. The van der Waals surface area contributed by atoms with Gasteiger partial charge in [0.15, 0.2) is 0 Å². The summed E-state index contributed by atoms with van der Waals surface area (Å²) in [6.45, 7) is 5.85. The first kappa shape index (κ1) is 16.8. The largest absolute Gasteiger partial charge is 0.492 e. The van der Waals surface area contributed by atoms with Crippen molar-refractivity contribution in [3.63, 3.8) is 0 Å². The molecule has 2 atom stereocenters. The lowest BCUT2D eigenvalue weighted by Crippen LogP contribution is -2.52. The average molecular weight is 370 g/mol. The van der Waals surface area contributed by atoms with E-state index in [9.17, 15) is 9.59 Å². The first-order valence-corrected chi connectivity index (χ1v) is 7.98. The lowest BCUT2D eigenvalue weighted by Gasteiger charge is -2.34. The van der Waals surface area contributed by atoms with Gasteiger partial charge in [0, 0.05) is 15.6 Å². The third kappa shape index (κ3) is 3.43. The third-order valence-electron chi connectivity index (χ3n) is 4.27. The SMILES string of the molecule is CC(C)C(C)(CC(=O)O)NC(=O)C1COc2ccc(Br)cc21. The Morgan fingerprint density at radius 1 is 1.50 bits per heavy atom. The van der Waals surface area contributed by atoms with Crippen molar-refractivity contribution in [1.82, 2.24) is 5.32 Å². The number of carbonyl (C=O) groups is 2. The molecule has 0 bridgehead atoms. The van der Waals surface area contributed by atoms with Crippen LogP contribution in [0.2, 0.25) is 0 Å². The highest BCUT2D eigenvalue weighted by Crippen LogP contribution is 2.36. The number of carbonyl (C=O) groups excluding carboxylic acids is 1. The second-order valence-electron chi connectivity index (χ2n) is 6.18. The van der Waals surface area contributed by atoms with Crippen LogP contribution < -0.4 is 10.1 Å². The summed E-state index contributed by atoms with van der Waals surface area (Å²) in [5, 5.41) is 12.0. The normalized spacial score (nSPS) is 19.2. The van der Waals surface area contributed by atoms with Gasteiger partial charge in [-0.2, -0.15) is 0 Å². The minimum atomic E-state index is -0.928. The minimum Gasteiger partial charge on any atom is -0.492 e. The first-order chi connectivity index (χ1) is 10.2. The predicted molar refractivity (Wildman–Crippen MR) is 86.0 cm³/mol.